The first-order chi connectivity index (χ1) is 14.3. The Hall–Kier alpha value is -4.02. The lowest BCUT2D eigenvalue weighted by Crippen LogP contribution is -2.07. The van der Waals surface area contributed by atoms with Crippen molar-refractivity contribution in [2.24, 2.45) is 0 Å². The van der Waals surface area contributed by atoms with Crippen LogP contribution in [0.3, 0.4) is 0 Å². The molecule has 2 aromatic heterocycles. The van der Waals surface area contributed by atoms with Crippen LogP contribution in [0.4, 0.5) is 19.0 Å². The molecule has 0 atom stereocenters. The van der Waals surface area contributed by atoms with Crippen LogP contribution < -0.4 is 5.73 Å². The zero-order valence-corrected chi connectivity index (χ0v) is 15.3. The predicted molar refractivity (Wildman–Crippen MR) is 101 cm³/mol. The molecular formula is C20H14F3N5O2. The molecule has 0 radical (unpaired) electrons. The monoisotopic (exact) mass is 413 g/mol. The summed E-state index contributed by atoms with van der Waals surface area (Å²) in [5.74, 6) is 0.361. The number of nitrogens with two attached hydrogens (primary N) is 1. The number of nitrogens with zero attached hydrogens (tertiary/aromatic N) is 4. The molecule has 0 fully saturated rings. The summed E-state index contributed by atoms with van der Waals surface area (Å²) in [6, 6.07) is 11.4. The lowest BCUT2D eigenvalue weighted by molar-refractivity contribution is -0.137. The van der Waals surface area contributed by atoms with Crippen molar-refractivity contribution in [3.8, 4) is 23.5 Å². The minimum absolute atomic E-state index is 0.00630. The Morgan fingerprint density at radius 3 is 2.67 bits per heavy atom. The minimum Gasteiger partial charge on any atom is -0.457 e. The molecule has 30 heavy (non-hydrogen) atoms. The van der Waals surface area contributed by atoms with E-state index in [-0.39, 0.29) is 52.9 Å². The predicted octanol–water partition coefficient (Wildman–Crippen LogP) is 3.67. The van der Waals surface area contributed by atoms with Gasteiger partial charge in [0.15, 0.2) is 0 Å². The van der Waals surface area contributed by atoms with E-state index in [1.165, 1.54) is 35.0 Å². The number of benzene rings is 1. The Kier molecular flexibility index (Phi) is 5.63. The van der Waals surface area contributed by atoms with Gasteiger partial charge >= 0.3 is 6.18 Å². The summed E-state index contributed by atoms with van der Waals surface area (Å²) in [5, 5.41) is 32.0. The Labute approximate surface area is 168 Å². The average molecular weight is 413 g/mol. The van der Waals surface area contributed by atoms with Crippen LogP contribution in [-0.4, -0.2) is 21.5 Å². The van der Waals surface area contributed by atoms with Gasteiger partial charge < -0.3 is 15.3 Å². The molecule has 152 valence electrons. The molecule has 3 N–H and O–H groups in total. The van der Waals surface area contributed by atoms with Crippen LogP contribution in [0.25, 0.3) is 23.0 Å². The smallest absolute Gasteiger partial charge is 0.416 e. The number of halogens is 3. The van der Waals surface area contributed by atoms with E-state index in [1.807, 2.05) is 12.1 Å². The molecule has 0 saturated carbocycles. The maximum absolute atomic E-state index is 12.9. The molecule has 7 nitrogen and oxygen atoms in total. The molecule has 0 bridgehead atoms. The summed E-state index contributed by atoms with van der Waals surface area (Å²) in [6.07, 6.45) is -3.18. The molecular weight excluding hydrogens is 399 g/mol. The molecule has 3 rings (SSSR count). The fourth-order valence-electron chi connectivity index (χ4n) is 2.77. The number of anilines is 1. The molecule has 0 saturated heterocycles. The molecule has 0 spiro atoms. The highest BCUT2D eigenvalue weighted by Crippen LogP contribution is 2.33. The van der Waals surface area contributed by atoms with Gasteiger partial charge in [-0.2, -0.15) is 28.8 Å². The van der Waals surface area contributed by atoms with Crippen LogP contribution in [0.15, 0.2) is 40.8 Å². The van der Waals surface area contributed by atoms with Crippen LogP contribution in [0, 0.1) is 22.7 Å². The van der Waals surface area contributed by atoms with Crippen molar-refractivity contribution in [2.45, 2.75) is 12.7 Å². The fourth-order valence-corrected chi connectivity index (χ4v) is 2.77. The van der Waals surface area contributed by atoms with Gasteiger partial charge in [-0.05, 0) is 24.3 Å². The van der Waals surface area contributed by atoms with Crippen molar-refractivity contribution in [3.63, 3.8) is 0 Å². The quantitative estimate of drug-likeness (QED) is 0.615. The van der Waals surface area contributed by atoms with Crippen LogP contribution in [-0.2, 0) is 12.7 Å². The van der Waals surface area contributed by atoms with E-state index in [4.69, 9.17) is 15.3 Å². The number of hydrogen-bond donors (Lipinski definition) is 2. The van der Waals surface area contributed by atoms with Gasteiger partial charge in [0.1, 0.15) is 40.7 Å². The molecule has 1 aromatic carbocycles. The largest absolute Gasteiger partial charge is 0.457 e. The Bertz CT molecular complexity index is 1190. The summed E-state index contributed by atoms with van der Waals surface area (Å²) < 4.78 is 45.5. The second-order valence-electron chi connectivity index (χ2n) is 6.12. The highest BCUT2D eigenvalue weighted by atomic mass is 19.4. The first kappa shape index (κ1) is 20.7. The minimum atomic E-state index is -4.49. The number of aliphatic hydroxyl groups is 1. The number of allylic oxidation sites excluding steroid dienone is 1. The van der Waals surface area contributed by atoms with Crippen molar-refractivity contribution in [1.82, 2.24) is 9.78 Å². The van der Waals surface area contributed by atoms with E-state index < -0.39 is 11.7 Å². The van der Waals surface area contributed by atoms with E-state index in [0.717, 1.165) is 12.1 Å². The zero-order chi connectivity index (χ0) is 21.9. The van der Waals surface area contributed by atoms with Gasteiger partial charge in [0.2, 0.25) is 0 Å². The van der Waals surface area contributed by atoms with Crippen molar-refractivity contribution in [3.05, 3.63) is 59.0 Å². The molecule has 0 aliphatic rings. The first-order valence-electron chi connectivity index (χ1n) is 8.55. The molecule has 0 aliphatic carbocycles. The number of rotatable bonds is 5. The number of furan rings is 1. The Morgan fingerprint density at radius 2 is 2.03 bits per heavy atom. The SMILES string of the molecule is N#CC(=Cc1ccc(-c2cccc(C(F)(F)F)c2)o1)c1nn(CCO)c(N)c1C#N. The highest BCUT2D eigenvalue weighted by molar-refractivity contribution is 5.90. The summed E-state index contributed by atoms with van der Waals surface area (Å²) >= 11 is 0. The molecule has 0 aliphatic heterocycles. The average Bonchev–Trinajstić information content (AvgIpc) is 3.30. The van der Waals surface area contributed by atoms with Gasteiger partial charge in [-0.1, -0.05) is 12.1 Å². The van der Waals surface area contributed by atoms with Gasteiger partial charge in [0.25, 0.3) is 0 Å². The second-order valence-corrected chi connectivity index (χ2v) is 6.12. The van der Waals surface area contributed by atoms with Crippen LogP contribution in [0.2, 0.25) is 0 Å². The van der Waals surface area contributed by atoms with Gasteiger partial charge in [0, 0.05) is 11.6 Å². The van der Waals surface area contributed by atoms with Gasteiger partial charge in [-0.3, -0.25) is 0 Å². The topological polar surface area (TPSA) is 125 Å². The fraction of sp³-hybridized carbons (Fsp3) is 0.150. The van der Waals surface area contributed by atoms with E-state index in [9.17, 15) is 23.7 Å². The van der Waals surface area contributed by atoms with Gasteiger partial charge in [0.05, 0.1) is 24.3 Å². The third-order valence-corrected chi connectivity index (χ3v) is 4.18. The normalized spacial score (nSPS) is 11.9. The molecule has 3 aromatic rings. The number of nitrogen functional groups attached to an aromatic ring is 1. The lowest BCUT2D eigenvalue weighted by atomic mass is 10.1. The summed E-state index contributed by atoms with van der Waals surface area (Å²) in [5.41, 5.74) is 5.20. The van der Waals surface area contributed by atoms with E-state index >= 15 is 0 Å². The first-order valence-corrected chi connectivity index (χ1v) is 8.55. The van der Waals surface area contributed by atoms with E-state index in [1.54, 1.807) is 0 Å². The molecule has 0 unspecified atom stereocenters. The number of hydrogen-bond acceptors (Lipinski definition) is 6. The van der Waals surface area contributed by atoms with Crippen LogP contribution in [0.5, 0.6) is 0 Å². The van der Waals surface area contributed by atoms with Crippen LogP contribution in [0.1, 0.15) is 22.6 Å². The maximum Gasteiger partial charge on any atom is 0.416 e. The Balaban J connectivity index is 1.99. The van der Waals surface area contributed by atoms with Crippen LogP contribution >= 0.6 is 0 Å². The lowest BCUT2D eigenvalue weighted by Gasteiger charge is -2.07. The van der Waals surface area contributed by atoms with Gasteiger partial charge in [-0.25, -0.2) is 4.68 Å². The molecule has 0 amide bonds. The van der Waals surface area contributed by atoms with E-state index in [0.29, 0.717) is 0 Å². The number of aliphatic hydroxyl groups excluding tert-OH is 1. The molecule has 2 heterocycles. The highest BCUT2D eigenvalue weighted by Gasteiger charge is 2.30. The van der Waals surface area contributed by atoms with Crippen molar-refractivity contribution in [2.75, 3.05) is 12.3 Å². The number of alkyl halides is 3. The third-order valence-electron chi connectivity index (χ3n) is 4.18. The molecule has 10 heteroatoms. The maximum atomic E-state index is 12.9. The summed E-state index contributed by atoms with van der Waals surface area (Å²) in [7, 11) is 0. The number of aromatic nitrogens is 2. The van der Waals surface area contributed by atoms with E-state index in [2.05, 4.69) is 5.10 Å². The summed E-state index contributed by atoms with van der Waals surface area (Å²) in [4.78, 5) is 0. The van der Waals surface area contributed by atoms with Gasteiger partial charge in [-0.15, -0.1) is 0 Å². The van der Waals surface area contributed by atoms with Crippen molar-refractivity contribution in [1.29, 1.82) is 10.5 Å². The zero-order valence-electron chi connectivity index (χ0n) is 15.3. The third kappa shape index (κ3) is 4.04. The Morgan fingerprint density at radius 1 is 1.27 bits per heavy atom. The van der Waals surface area contributed by atoms with Crippen molar-refractivity contribution >= 4 is 17.5 Å². The standard InChI is InChI=1S/C20H14F3N5O2/c21-20(22,23)14-3-1-2-12(8-14)17-5-4-15(30-17)9-13(10-24)18-16(11-25)19(26)28(27-18)6-7-29/h1-5,8-9,29H,6-7,26H2. The number of nitriles is 2. The second kappa shape index (κ2) is 8.15. The van der Waals surface area contributed by atoms with Crippen molar-refractivity contribution < 1.29 is 22.7 Å². The summed E-state index contributed by atoms with van der Waals surface area (Å²) in [6.45, 7) is -0.222.